The van der Waals surface area contributed by atoms with Crippen molar-refractivity contribution in [2.75, 3.05) is 5.88 Å². The number of aliphatic imine (C=N–C) groups is 2. The summed E-state index contributed by atoms with van der Waals surface area (Å²) >= 11 is 11.6. The van der Waals surface area contributed by atoms with Crippen molar-refractivity contribution in [3.63, 3.8) is 0 Å². The Morgan fingerprint density at radius 3 is 2.33 bits per heavy atom. The maximum Gasteiger partial charge on any atom is 0.240 e. The van der Waals surface area contributed by atoms with Crippen molar-refractivity contribution in [3.8, 4) is 0 Å². The first-order chi connectivity index (χ1) is 11.6. The predicted molar refractivity (Wildman–Crippen MR) is 99.4 cm³/mol. The van der Waals surface area contributed by atoms with Crippen molar-refractivity contribution >= 4 is 52.0 Å². The summed E-state index contributed by atoms with van der Waals surface area (Å²) in [5.41, 5.74) is 3.25. The Morgan fingerprint density at radius 1 is 1.08 bits per heavy atom. The van der Waals surface area contributed by atoms with Crippen molar-refractivity contribution in [2.24, 2.45) is 9.98 Å². The van der Waals surface area contributed by atoms with Gasteiger partial charge in [0.15, 0.2) is 0 Å². The summed E-state index contributed by atoms with van der Waals surface area (Å²) < 4.78 is 0. The van der Waals surface area contributed by atoms with Gasteiger partial charge in [-0.25, -0.2) is 4.99 Å². The lowest BCUT2D eigenvalue weighted by molar-refractivity contribution is -0.117. The van der Waals surface area contributed by atoms with Crippen LogP contribution in [0.25, 0.3) is 0 Å². The van der Waals surface area contributed by atoms with Gasteiger partial charge in [-0.1, -0.05) is 35.9 Å². The average Bonchev–Trinajstić information content (AvgIpc) is 2.71. The Hall–Kier alpha value is -2.17. The molecule has 1 heterocycles. The summed E-state index contributed by atoms with van der Waals surface area (Å²) in [6.45, 7) is 1.92. The zero-order chi connectivity index (χ0) is 17.1. The quantitative estimate of drug-likeness (QED) is 0.781. The molecule has 1 amide bonds. The van der Waals surface area contributed by atoms with E-state index in [1.54, 1.807) is 0 Å². The zero-order valence-electron chi connectivity index (χ0n) is 13.0. The molecule has 0 aromatic heterocycles. The second-order valence-corrected chi connectivity index (χ2v) is 6.11. The third-order valence-electron chi connectivity index (χ3n) is 3.70. The van der Waals surface area contributed by atoms with Gasteiger partial charge in [0.05, 0.1) is 17.3 Å². The van der Waals surface area contributed by atoms with E-state index >= 15 is 0 Å². The Labute approximate surface area is 150 Å². The number of carbonyl (C=O) groups excluding carboxylic acids is 1. The summed E-state index contributed by atoms with van der Waals surface area (Å²) in [7, 11) is 0. The highest BCUT2D eigenvalue weighted by Gasteiger charge is 2.26. The largest absolute Gasteiger partial charge is 0.312 e. The Balaban J connectivity index is 2.13. The number of alkyl halides is 1. The number of amidine groups is 1. The van der Waals surface area contributed by atoms with Gasteiger partial charge in [-0.3, -0.25) is 9.79 Å². The molecule has 0 fully saturated rings. The van der Waals surface area contributed by atoms with Crippen molar-refractivity contribution in [1.82, 2.24) is 5.32 Å². The van der Waals surface area contributed by atoms with Gasteiger partial charge < -0.3 is 5.32 Å². The second-order valence-electron chi connectivity index (χ2n) is 5.41. The molecular formula is C18H15Cl2N3O. The molecule has 3 rings (SSSR count). The van der Waals surface area contributed by atoms with Gasteiger partial charge in [0.2, 0.25) is 5.91 Å². The number of benzene rings is 2. The third kappa shape index (κ3) is 3.50. The topological polar surface area (TPSA) is 53.8 Å². The molecule has 2 aromatic carbocycles. The number of hydrogen-bond donors (Lipinski definition) is 1. The van der Waals surface area contributed by atoms with E-state index in [1.807, 2.05) is 55.5 Å². The van der Waals surface area contributed by atoms with E-state index in [0.29, 0.717) is 16.5 Å². The van der Waals surface area contributed by atoms with Crippen LogP contribution in [0.15, 0.2) is 58.5 Å². The zero-order valence-corrected chi connectivity index (χ0v) is 14.5. The van der Waals surface area contributed by atoms with Gasteiger partial charge in [0, 0.05) is 10.7 Å². The van der Waals surface area contributed by atoms with Crippen LogP contribution in [-0.2, 0) is 4.79 Å². The summed E-state index contributed by atoms with van der Waals surface area (Å²) in [5, 5.41) is 3.46. The molecule has 0 radical (unpaired) electrons. The molecule has 1 unspecified atom stereocenters. The summed E-state index contributed by atoms with van der Waals surface area (Å²) in [6, 6.07) is 15.0. The van der Waals surface area contributed by atoms with Crippen LogP contribution < -0.4 is 5.32 Å². The lowest BCUT2D eigenvalue weighted by Crippen LogP contribution is -2.37. The summed E-state index contributed by atoms with van der Waals surface area (Å²) in [6.07, 6.45) is 0. The van der Waals surface area contributed by atoms with Crippen LogP contribution in [0, 0.1) is 0 Å². The van der Waals surface area contributed by atoms with Gasteiger partial charge in [0.25, 0.3) is 0 Å². The fourth-order valence-corrected chi connectivity index (χ4v) is 2.82. The van der Waals surface area contributed by atoms with E-state index in [4.69, 9.17) is 23.2 Å². The number of carbonyl (C=O) groups is 1. The highest BCUT2D eigenvalue weighted by Crippen LogP contribution is 2.34. The lowest BCUT2D eigenvalue weighted by Gasteiger charge is -2.19. The maximum absolute atomic E-state index is 11.9. The first-order valence-electron chi connectivity index (χ1n) is 7.42. The molecule has 1 N–H and O–H groups in total. The lowest BCUT2D eigenvalue weighted by atomic mass is 9.93. The van der Waals surface area contributed by atoms with Crippen LogP contribution in [0.5, 0.6) is 0 Å². The molecule has 6 heteroatoms. The number of nitrogens with one attached hydrogen (secondary N) is 1. The van der Waals surface area contributed by atoms with E-state index in [0.717, 1.165) is 17.0 Å². The van der Waals surface area contributed by atoms with Crippen LogP contribution in [0.3, 0.4) is 0 Å². The number of para-hydroxylation sites is 2. The standard InChI is InChI=1S/C18H15Cl2N3O/c1-11-17(12-6-8-13(20)9-7-12)18(23-16(24)10-19)22-15-5-3-2-4-14(15)21-11/h2-9,17H,10H2,1H3,(H,22,23,24). The van der Waals surface area contributed by atoms with Crippen molar-refractivity contribution in [3.05, 3.63) is 59.1 Å². The minimum absolute atomic E-state index is 0.135. The molecule has 24 heavy (non-hydrogen) atoms. The average molecular weight is 360 g/mol. The third-order valence-corrected chi connectivity index (χ3v) is 4.20. The Bertz CT molecular complexity index is 828. The number of rotatable bonds is 2. The summed E-state index contributed by atoms with van der Waals surface area (Å²) in [5.74, 6) is -0.206. The number of fused-ring (bicyclic) bond motifs is 1. The van der Waals surface area contributed by atoms with Gasteiger partial charge in [-0.05, 0) is 36.8 Å². The van der Waals surface area contributed by atoms with Gasteiger partial charge in [-0.15, -0.1) is 11.6 Å². The van der Waals surface area contributed by atoms with Crippen LogP contribution in [0.4, 0.5) is 11.4 Å². The van der Waals surface area contributed by atoms with Crippen LogP contribution in [-0.4, -0.2) is 23.3 Å². The van der Waals surface area contributed by atoms with Gasteiger partial charge in [-0.2, -0.15) is 0 Å². The van der Waals surface area contributed by atoms with E-state index in [-0.39, 0.29) is 17.7 Å². The second kappa shape index (κ2) is 7.16. The molecule has 0 bridgehead atoms. The number of nitrogens with zero attached hydrogens (tertiary/aromatic N) is 2. The van der Waals surface area contributed by atoms with Crippen molar-refractivity contribution in [2.45, 2.75) is 12.8 Å². The number of hydrogen-bond acceptors (Lipinski definition) is 3. The molecule has 1 atom stereocenters. The molecule has 1 aliphatic rings. The van der Waals surface area contributed by atoms with Gasteiger partial charge >= 0.3 is 0 Å². The summed E-state index contributed by atoms with van der Waals surface area (Å²) in [4.78, 5) is 21.2. The van der Waals surface area contributed by atoms with Crippen LogP contribution >= 0.6 is 23.2 Å². The minimum atomic E-state index is -0.304. The van der Waals surface area contributed by atoms with E-state index in [2.05, 4.69) is 15.3 Å². The number of amides is 1. The maximum atomic E-state index is 11.9. The number of halogens is 2. The predicted octanol–water partition coefficient (Wildman–Crippen LogP) is 4.61. The molecule has 2 aromatic rings. The molecule has 0 saturated carbocycles. The first kappa shape index (κ1) is 16.7. The first-order valence-corrected chi connectivity index (χ1v) is 8.34. The molecule has 0 spiro atoms. The molecular weight excluding hydrogens is 345 g/mol. The Kier molecular flexibility index (Phi) is 4.97. The van der Waals surface area contributed by atoms with Crippen LogP contribution in [0.2, 0.25) is 5.02 Å². The normalized spacial score (nSPS) is 16.5. The van der Waals surface area contributed by atoms with Crippen molar-refractivity contribution in [1.29, 1.82) is 0 Å². The van der Waals surface area contributed by atoms with E-state index < -0.39 is 0 Å². The SMILES string of the molecule is CC1=Nc2ccccc2N=C(NC(=O)CCl)C1c1ccc(Cl)cc1. The molecule has 0 aliphatic carbocycles. The van der Waals surface area contributed by atoms with Crippen molar-refractivity contribution < 1.29 is 4.79 Å². The van der Waals surface area contributed by atoms with Gasteiger partial charge in [0.1, 0.15) is 11.7 Å². The molecule has 1 aliphatic heterocycles. The smallest absolute Gasteiger partial charge is 0.240 e. The molecule has 0 saturated heterocycles. The molecule has 4 nitrogen and oxygen atoms in total. The van der Waals surface area contributed by atoms with E-state index in [9.17, 15) is 4.79 Å². The van der Waals surface area contributed by atoms with E-state index in [1.165, 1.54) is 0 Å². The molecule has 122 valence electrons. The Morgan fingerprint density at radius 2 is 1.71 bits per heavy atom. The fourth-order valence-electron chi connectivity index (χ4n) is 2.63. The minimum Gasteiger partial charge on any atom is -0.312 e. The van der Waals surface area contributed by atoms with Crippen LogP contribution in [0.1, 0.15) is 18.4 Å². The highest BCUT2D eigenvalue weighted by molar-refractivity contribution is 6.31. The fraction of sp³-hybridized carbons (Fsp3) is 0.167. The monoisotopic (exact) mass is 359 g/mol. The highest BCUT2D eigenvalue weighted by atomic mass is 35.5.